The molecule has 0 radical (unpaired) electrons. The van der Waals surface area contributed by atoms with E-state index in [9.17, 15) is 8.78 Å². The van der Waals surface area contributed by atoms with Gasteiger partial charge in [0.25, 0.3) is 0 Å². The zero-order valence-corrected chi connectivity index (χ0v) is 8.50. The number of nitrogens with zero attached hydrogens (tertiary/aromatic N) is 1. The third kappa shape index (κ3) is 2.64. The highest BCUT2D eigenvalue weighted by molar-refractivity contribution is 5.18. The van der Waals surface area contributed by atoms with Crippen LogP contribution in [0.25, 0.3) is 0 Å². The van der Waals surface area contributed by atoms with Gasteiger partial charge < -0.3 is 5.32 Å². The Balaban J connectivity index is 1.90. The second-order valence-corrected chi connectivity index (χ2v) is 3.42. The molecule has 2 N–H and O–H groups in total. The molecule has 0 aliphatic carbocycles. The fourth-order valence-corrected chi connectivity index (χ4v) is 1.38. The summed E-state index contributed by atoms with van der Waals surface area (Å²) in [5.74, 6) is -1.09. The van der Waals surface area contributed by atoms with Crippen molar-refractivity contribution in [3.05, 3.63) is 53.4 Å². The highest BCUT2D eigenvalue weighted by Gasteiger charge is 2.03. The molecule has 2 aromatic rings. The molecule has 0 amide bonds. The predicted molar refractivity (Wildman–Crippen MR) is 55.5 cm³/mol. The molecule has 1 heterocycles. The Hall–Kier alpha value is -1.75. The molecule has 0 fully saturated rings. The van der Waals surface area contributed by atoms with E-state index in [-0.39, 0.29) is 0 Å². The van der Waals surface area contributed by atoms with Crippen molar-refractivity contribution in [1.82, 2.24) is 15.5 Å². The lowest BCUT2D eigenvalue weighted by molar-refractivity contribution is 0.559. The van der Waals surface area contributed by atoms with E-state index in [0.29, 0.717) is 18.7 Å². The molecular weight excluding hydrogens is 212 g/mol. The number of aromatic amines is 1. The van der Waals surface area contributed by atoms with Gasteiger partial charge in [0, 0.05) is 36.6 Å². The van der Waals surface area contributed by atoms with Gasteiger partial charge >= 0.3 is 0 Å². The van der Waals surface area contributed by atoms with Crippen molar-refractivity contribution in [1.29, 1.82) is 0 Å². The molecule has 0 spiro atoms. The summed E-state index contributed by atoms with van der Waals surface area (Å²) in [4.78, 5) is 0. The number of aromatic nitrogens is 2. The molecule has 0 saturated heterocycles. The van der Waals surface area contributed by atoms with Crippen molar-refractivity contribution in [2.45, 2.75) is 13.1 Å². The molecule has 0 aliphatic rings. The molecule has 0 unspecified atom stereocenters. The lowest BCUT2D eigenvalue weighted by Gasteiger charge is -2.04. The molecule has 1 aromatic carbocycles. The first-order chi connectivity index (χ1) is 7.75. The molecule has 2 rings (SSSR count). The van der Waals surface area contributed by atoms with E-state index in [1.165, 1.54) is 12.1 Å². The average molecular weight is 223 g/mol. The maximum absolute atomic E-state index is 13.2. The molecule has 0 bridgehead atoms. The first kappa shape index (κ1) is 10.8. The smallest absolute Gasteiger partial charge is 0.130 e. The highest BCUT2D eigenvalue weighted by Crippen LogP contribution is 2.09. The molecule has 5 heteroatoms. The molecule has 0 aliphatic heterocycles. The van der Waals surface area contributed by atoms with Crippen LogP contribution in [0.2, 0.25) is 0 Å². The molecule has 0 saturated carbocycles. The topological polar surface area (TPSA) is 40.7 Å². The van der Waals surface area contributed by atoms with Crippen molar-refractivity contribution in [3.63, 3.8) is 0 Å². The van der Waals surface area contributed by atoms with Crippen LogP contribution in [0, 0.1) is 11.6 Å². The first-order valence-electron chi connectivity index (χ1n) is 4.88. The summed E-state index contributed by atoms with van der Waals surface area (Å²) in [6, 6.07) is 5.39. The van der Waals surface area contributed by atoms with Gasteiger partial charge in [-0.3, -0.25) is 5.10 Å². The number of H-pyrrole nitrogens is 1. The van der Waals surface area contributed by atoms with Crippen LogP contribution in [0.3, 0.4) is 0 Å². The zero-order valence-electron chi connectivity index (χ0n) is 8.50. The minimum Gasteiger partial charge on any atom is -0.307 e. The number of halogens is 2. The summed E-state index contributed by atoms with van der Waals surface area (Å²) in [7, 11) is 0. The minimum atomic E-state index is -0.560. The molecule has 84 valence electrons. The Bertz CT molecular complexity index is 454. The third-order valence-corrected chi connectivity index (χ3v) is 2.20. The first-order valence-corrected chi connectivity index (χ1v) is 4.88. The molecule has 1 aromatic heterocycles. The molecule has 0 atom stereocenters. The summed E-state index contributed by atoms with van der Waals surface area (Å²) >= 11 is 0. The Morgan fingerprint density at radius 2 is 2.06 bits per heavy atom. The van der Waals surface area contributed by atoms with Crippen LogP contribution >= 0.6 is 0 Å². The predicted octanol–water partition coefficient (Wildman–Crippen LogP) is 1.98. The van der Waals surface area contributed by atoms with E-state index in [1.807, 2.05) is 6.07 Å². The van der Waals surface area contributed by atoms with Crippen molar-refractivity contribution >= 4 is 0 Å². The minimum absolute atomic E-state index is 0.352. The summed E-state index contributed by atoms with van der Waals surface area (Å²) in [5.41, 5.74) is 1.36. The summed E-state index contributed by atoms with van der Waals surface area (Å²) in [5, 5.41) is 9.60. The average Bonchev–Trinajstić information content (AvgIpc) is 2.74. The van der Waals surface area contributed by atoms with Crippen LogP contribution in [0.15, 0.2) is 30.5 Å². The van der Waals surface area contributed by atoms with E-state index in [2.05, 4.69) is 15.5 Å². The lowest BCUT2D eigenvalue weighted by atomic mass is 10.2. The van der Waals surface area contributed by atoms with E-state index >= 15 is 0 Å². The monoisotopic (exact) mass is 223 g/mol. The second kappa shape index (κ2) is 4.85. The number of nitrogens with one attached hydrogen (secondary N) is 2. The maximum Gasteiger partial charge on any atom is 0.130 e. The van der Waals surface area contributed by atoms with Gasteiger partial charge in [-0.15, -0.1) is 0 Å². The van der Waals surface area contributed by atoms with E-state index in [1.54, 1.807) is 6.20 Å². The zero-order chi connectivity index (χ0) is 11.4. The summed E-state index contributed by atoms with van der Waals surface area (Å²) < 4.78 is 25.8. The second-order valence-electron chi connectivity index (χ2n) is 3.42. The Morgan fingerprint density at radius 1 is 1.19 bits per heavy atom. The normalized spacial score (nSPS) is 10.6. The van der Waals surface area contributed by atoms with Gasteiger partial charge in [0.05, 0.1) is 0 Å². The van der Waals surface area contributed by atoms with E-state index in [4.69, 9.17) is 0 Å². The van der Waals surface area contributed by atoms with Gasteiger partial charge in [0.2, 0.25) is 0 Å². The van der Waals surface area contributed by atoms with Gasteiger partial charge in [-0.2, -0.15) is 5.10 Å². The number of rotatable bonds is 4. The van der Waals surface area contributed by atoms with Crippen LogP contribution in [0.1, 0.15) is 11.3 Å². The number of benzene rings is 1. The van der Waals surface area contributed by atoms with Gasteiger partial charge in [-0.05, 0) is 12.1 Å². The van der Waals surface area contributed by atoms with Gasteiger partial charge in [-0.1, -0.05) is 6.07 Å². The van der Waals surface area contributed by atoms with Crippen LogP contribution in [0.5, 0.6) is 0 Å². The Kier molecular flexibility index (Phi) is 3.26. The van der Waals surface area contributed by atoms with Crippen LogP contribution in [-0.2, 0) is 13.1 Å². The Labute approximate surface area is 91.5 Å². The molecule has 16 heavy (non-hydrogen) atoms. The van der Waals surface area contributed by atoms with E-state index in [0.717, 1.165) is 11.8 Å². The number of hydrogen-bond acceptors (Lipinski definition) is 2. The van der Waals surface area contributed by atoms with Crippen molar-refractivity contribution in [3.8, 4) is 0 Å². The molecular formula is C11H11F2N3. The van der Waals surface area contributed by atoms with Crippen molar-refractivity contribution < 1.29 is 8.78 Å². The Morgan fingerprint density at radius 3 is 2.75 bits per heavy atom. The highest BCUT2D eigenvalue weighted by atomic mass is 19.1. The van der Waals surface area contributed by atoms with Gasteiger partial charge in [0.1, 0.15) is 11.6 Å². The summed E-state index contributed by atoms with van der Waals surface area (Å²) in [6.07, 6.45) is 1.65. The van der Waals surface area contributed by atoms with Gasteiger partial charge in [0.15, 0.2) is 0 Å². The SMILES string of the molecule is Fc1ccc(CNCc2ccn[nH]2)c(F)c1. The summed E-state index contributed by atoms with van der Waals surface area (Å²) in [6.45, 7) is 0.919. The van der Waals surface area contributed by atoms with E-state index < -0.39 is 11.6 Å². The van der Waals surface area contributed by atoms with Crippen molar-refractivity contribution in [2.24, 2.45) is 0 Å². The lowest BCUT2D eigenvalue weighted by Crippen LogP contribution is -2.14. The van der Waals surface area contributed by atoms with Crippen LogP contribution < -0.4 is 5.32 Å². The van der Waals surface area contributed by atoms with Crippen LogP contribution in [0.4, 0.5) is 8.78 Å². The number of hydrogen-bond donors (Lipinski definition) is 2. The maximum atomic E-state index is 13.2. The standard InChI is InChI=1S/C11H11F2N3/c12-9-2-1-8(11(13)5-9)6-14-7-10-3-4-15-16-10/h1-5,14H,6-7H2,(H,15,16). The quantitative estimate of drug-likeness (QED) is 0.832. The fourth-order valence-electron chi connectivity index (χ4n) is 1.38. The fraction of sp³-hybridized carbons (Fsp3) is 0.182. The largest absolute Gasteiger partial charge is 0.307 e. The third-order valence-electron chi connectivity index (χ3n) is 2.20. The van der Waals surface area contributed by atoms with Gasteiger partial charge in [-0.25, -0.2) is 8.78 Å². The van der Waals surface area contributed by atoms with Crippen molar-refractivity contribution in [2.75, 3.05) is 0 Å². The van der Waals surface area contributed by atoms with Crippen LogP contribution in [-0.4, -0.2) is 10.2 Å². The molecule has 3 nitrogen and oxygen atoms in total.